The van der Waals surface area contributed by atoms with Gasteiger partial charge in [-0.25, -0.2) is 0 Å². The van der Waals surface area contributed by atoms with Gasteiger partial charge in [0.05, 0.1) is 5.60 Å². The van der Waals surface area contributed by atoms with E-state index in [2.05, 4.69) is 6.58 Å². The number of halogens is 1. The van der Waals surface area contributed by atoms with Crippen molar-refractivity contribution in [1.29, 1.82) is 0 Å². The lowest BCUT2D eigenvalue weighted by molar-refractivity contribution is 0.0352. The standard InChI is InChI=1S/C9H15ClO/c1-7(6-10)8-4-3-5-9(8,2)11/h8,11H,1,3-6H2,2H3. The Morgan fingerprint density at radius 1 is 1.82 bits per heavy atom. The van der Waals surface area contributed by atoms with Crippen molar-refractivity contribution in [2.45, 2.75) is 31.8 Å². The van der Waals surface area contributed by atoms with Crippen LogP contribution < -0.4 is 0 Å². The zero-order chi connectivity index (χ0) is 8.48. The second kappa shape index (κ2) is 3.16. The number of alkyl halides is 1. The summed E-state index contributed by atoms with van der Waals surface area (Å²) in [5.74, 6) is 0.695. The van der Waals surface area contributed by atoms with Crippen LogP contribution in [0.25, 0.3) is 0 Å². The molecule has 2 unspecified atom stereocenters. The lowest BCUT2D eigenvalue weighted by Crippen LogP contribution is -2.30. The van der Waals surface area contributed by atoms with Crippen molar-refractivity contribution in [3.05, 3.63) is 12.2 Å². The summed E-state index contributed by atoms with van der Waals surface area (Å²) in [5.41, 5.74) is 0.431. The SMILES string of the molecule is C=C(CCl)C1CCCC1(C)O. The van der Waals surface area contributed by atoms with Gasteiger partial charge < -0.3 is 5.11 Å². The highest BCUT2D eigenvalue weighted by atomic mass is 35.5. The minimum Gasteiger partial charge on any atom is -0.390 e. The van der Waals surface area contributed by atoms with E-state index in [0.717, 1.165) is 24.8 Å². The molecule has 11 heavy (non-hydrogen) atoms. The van der Waals surface area contributed by atoms with Crippen molar-refractivity contribution in [2.24, 2.45) is 5.92 Å². The van der Waals surface area contributed by atoms with Crippen LogP contribution in [0.4, 0.5) is 0 Å². The largest absolute Gasteiger partial charge is 0.390 e. The topological polar surface area (TPSA) is 20.2 Å². The van der Waals surface area contributed by atoms with Gasteiger partial charge in [0.2, 0.25) is 0 Å². The van der Waals surface area contributed by atoms with Crippen LogP contribution in [0.1, 0.15) is 26.2 Å². The Kier molecular flexibility index (Phi) is 2.61. The van der Waals surface area contributed by atoms with Gasteiger partial charge >= 0.3 is 0 Å². The fraction of sp³-hybridized carbons (Fsp3) is 0.778. The zero-order valence-corrected chi connectivity index (χ0v) is 7.69. The van der Waals surface area contributed by atoms with Crippen LogP contribution in [-0.4, -0.2) is 16.6 Å². The molecular weight excluding hydrogens is 160 g/mol. The molecule has 0 radical (unpaired) electrons. The molecule has 0 aliphatic heterocycles. The lowest BCUT2D eigenvalue weighted by Gasteiger charge is -2.26. The Balaban J connectivity index is 2.64. The summed E-state index contributed by atoms with van der Waals surface area (Å²) < 4.78 is 0. The molecule has 1 N–H and O–H groups in total. The van der Waals surface area contributed by atoms with Crippen LogP contribution in [0.2, 0.25) is 0 Å². The normalized spacial score (nSPS) is 37.5. The Morgan fingerprint density at radius 2 is 2.45 bits per heavy atom. The number of hydrogen-bond donors (Lipinski definition) is 1. The third-order valence-electron chi connectivity index (χ3n) is 2.59. The summed E-state index contributed by atoms with van der Waals surface area (Å²) in [6.45, 7) is 5.74. The first-order chi connectivity index (χ1) is 5.08. The highest BCUT2D eigenvalue weighted by Crippen LogP contribution is 2.39. The Labute approximate surface area is 73.1 Å². The van der Waals surface area contributed by atoms with Gasteiger partial charge in [0.25, 0.3) is 0 Å². The minimum atomic E-state index is -0.550. The van der Waals surface area contributed by atoms with E-state index < -0.39 is 5.60 Å². The molecule has 1 nitrogen and oxygen atoms in total. The molecule has 1 rings (SSSR count). The van der Waals surface area contributed by atoms with Crippen LogP contribution >= 0.6 is 11.6 Å². The smallest absolute Gasteiger partial charge is 0.0685 e. The molecule has 0 bridgehead atoms. The molecule has 1 aliphatic carbocycles. The average molecular weight is 175 g/mol. The third-order valence-corrected chi connectivity index (χ3v) is 2.93. The van der Waals surface area contributed by atoms with Gasteiger partial charge in [-0.3, -0.25) is 0 Å². The summed E-state index contributed by atoms with van der Waals surface area (Å²) in [6.07, 6.45) is 3.01. The van der Waals surface area contributed by atoms with Crippen molar-refractivity contribution in [2.75, 3.05) is 5.88 Å². The van der Waals surface area contributed by atoms with E-state index in [4.69, 9.17) is 11.6 Å². The molecule has 0 amide bonds. The molecule has 1 aliphatic rings. The molecule has 0 saturated heterocycles. The quantitative estimate of drug-likeness (QED) is 0.503. The third kappa shape index (κ3) is 1.77. The molecule has 1 saturated carbocycles. The fourth-order valence-electron chi connectivity index (χ4n) is 1.89. The molecule has 0 aromatic rings. The Morgan fingerprint density at radius 3 is 2.82 bits per heavy atom. The minimum absolute atomic E-state index is 0.222. The molecular formula is C9H15ClO. The maximum atomic E-state index is 9.84. The van der Waals surface area contributed by atoms with E-state index in [9.17, 15) is 5.11 Å². The van der Waals surface area contributed by atoms with Crippen molar-refractivity contribution >= 4 is 11.6 Å². The molecule has 0 heterocycles. The van der Waals surface area contributed by atoms with Gasteiger partial charge in [-0.1, -0.05) is 12.2 Å². The number of rotatable bonds is 2. The highest BCUT2D eigenvalue weighted by molar-refractivity contribution is 6.19. The van der Waals surface area contributed by atoms with E-state index in [1.165, 1.54) is 0 Å². The molecule has 2 heteroatoms. The van der Waals surface area contributed by atoms with Crippen molar-refractivity contribution in [3.8, 4) is 0 Å². The van der Waals surface area contributed by atoms with E-state index >= 15 is 0 Å². The summed E-state index contributed by atoms with van der Waals surface area (Å²) in [7, 11) is 0. The highest BCUT2D eigenvalue weighted by Gasteiger charge is 2.37. The predicted molar refractivity (Wildman–Crippen MR) is 47.8 cm³/mol. The first-order valence-electron chi connectivity index (χ1n) is 4.04. The van der Waals surface area contributed by atoms with Crippen molar-refractivity contribution in [3.63, 3.8) is 0 Å². The predicted octanol–water partition coefficient (Wildman–Crippen LogP) is 2.33. The first kappa shape index (κ1) is 9.08. The molecule has 64 valence electrons. The van der Waals surface area contributed by atoms with Crippen LogP contribution in [0.5, 0.6) is 0 Å². The van der Waals surface area contributed by atoms with Crippen molar-refractivity contribution in [1.82, 2.24) is 0 Å². The van der Waals surface area contributed by atoms with E-state index in [1.54, 1.807) is 0 Å². The number of aliphatic hydroxyl groups is 1. The maximum absolute atomic E-state index is 9.84. The van der Waals surface area contributed by atoms with Crippen LogP contribution in [0, 0.1) is 5.92 Å². The van der Waals surface area contributed by atoms with Crippen LogP contribution in [0.15, 0.2) is 12.2 Å². The van der Waals surface area contributed by atoms with Gasteiger partial charge in [-0.15, -0.1) is 11.6 Å². The lowest BCUT2D eigenvalue weighted by atomic mass is 9.88. The Hall–Kier alpha value is -0.0100. The first-order valence-corrected chi connectivity index (χ1v) is 4.57. The van der Waals surface area contributed by atoms with Crippen molar-refractivity contribution < 1.29 is 5.11 Å². The molecule has 2 atom stereocenters. The molecule has 1 fully saturated rings. The average Bonchev–Trinajstić information content (AvgIpc) is 2.28. The fourth-order valence-corrected chi connectivity index (χ4v) is 2.07. The molecule has 0 aromatic carbocycles. The molecule has 0 spiro atoms. The Bertz CT molecular complexity index is 163. The van der Waals surface area contributed by atoms with E-state index in [0.29, 0.717) is 5.88 Å². The van der Waals surface area contributed by atoms with Gasteiger partial charge in [0.1, 0.15) is 0 Å². The van der Waals surface area contributed by atoms with E-state index in [-0.39, 0.29) is 5.92 Å². The maximum Gasteiger partial charge on any atom is 0.0685 e. The summed E-state index contributed by atoms with van der Waals surface area (Å²) in [4.78, 5) is 0. The van der Waals surface area contributed by atoms with Crippen LogP contribution in [-0.2, 0) is 0 Å². The van der Waals surface area contributed by atoms with Gasteiger partial charge in [-0.05, 0) is 26.2 Å². The van der Waals surface area contributed by atoms with Crippen LogP contribution in [0.3, 0.4) is 0 Å². The molecule has 0 aromatic heterocycles. The second-order valence-electron chi connectivity index (χ2n) is 3.59. The van der Waals surface area contributed by atoms with Gasteiger partial charge in [0.15, 0.2) is 0 Å². The summed E-state index contributed by atoms with van der Waals surface area (Å²) >= 11 is 5.65. The summed E-state index contributed by atoms with van der Waals surface area (Å²) in [5, 5.41) is 9.84. The van der Waals surface area contributed by atoms with Gasteiger partial charge in [-0.2, -0.15) is 0 Å². The monoisotopic (exact) mass is 174 g/mol. The summed E-state index contributed by atoms with van der Waals surface area (Å²) in [6, 6.07) is 0. The zero-order valence-electron chi connectivity index (χ0n) is 6.94. The van der Waals surface area contributed by atoms with E-state index in [1.807, 2.05) is 6.92 Å². The number of hydrogen-bond acceptors (Lipinski definition) is 1. The second-order valence-corrected chi connectivity index (χ2v) is 3.86. The van der Waals surface area contributed by atoms with Gasteiger partial charge in [0, 0.05) is 11.8 Å².